The van der Waals surface area contributed by atoms with Crippen LogP contribution in [0.3, 0.4) is 0 Å². The average molecular weight is 494 g/mol. The number of hydrogen-bond acceptors (Lipinski definition) is 8. The number of carbonyl (C=O) groups is 1. The summed E-state index contributed by atoms with van der Waals surface area (Å²) in [6, 6.07) is 6.41. The van der Waals surface area contributed by atoms with Crippen LogP contribution in [0.1, 0.15) is 48.6 Å². The van der Waals surface area contributed by atoms with E-state index in [1.165, 1.54) is 0 Å². The summed E-state index contributed by atoms with van der Waals surface area (Å²) >= 11 is 1.69. The van der Waals surface area contributed by atoms with Gasteiger partial charge in [0.15, 0.2) is 0 Å². The third kappa shape index (κ3) is 5.79. The van der Waals surface area contributed by atoms with Crippen LogP contribution in [-0.2, 0) is 4.79 Å². The van der Waals surface area contributed by atoms with E-state index in [0.717, 1.165) is 78.7 Å². The number of amides is 1. The number of hydrogen-bond donors (Lipinski definition) is 2. The number of thiophene rings is 1. The number of nitrogens with one attached hydrogen (secondary N) is 1. The van der Waals surface area contributed by atoms with Crippen molar-refractivity contribution in [2.75, 3.05) is 50.5 Å². The van der Waals surface area contributed by atoms with Gasteiger partial charge in [0.05, 0.1) is 23.0 Å². The smallest absolute Gasteiger partial charge is 0.224 e. The molecule has 0 bridgehead atoms. The number of nitrogens with two attached hydrogens (primary N) is 1. The lowest BCUT2D eigenvalue weighted by Gasteiger charge is -2.35. The van der Waals surface area contributed by atoms with Crippen molar-refractivity contribution in [3.05, 3.63) is 52.2 Å². The number of carbonyl (C=O) groups excluding carboxylic acids is 1. The Morgan fingerprint density at radius 2 is 2.03 bits per heavy atom. The minimum atomic E-state index is -0.430. The fourth-order valence-corrected chi connectivity index (χ4v) is 5.31. The van der Waals surface area contributed by atoms with E-state index in [0.29, 0.717) is 5.92 Å². The summed E-state index contributed by atoms with van der Waals surface area (Å²) in [4.78, 5) is 30.4. The summed E-state index contributed by atoms with van der Waals surface area (Å²) in [5.74, 6) is 0.375. The molecular weight excluding hydrogens is 458 g/mol. The average Bonchev–Trinajstić information content (AvgIpc) is 3.38. The minimum Gasteiger partial charge on any atom is -0.382 e. The normalized spacial score (nSPS) is 15.4. The number of primary amides is 1. The second-order valence-corrected chi connectivity index (χ2v) is 10.2. The number of pyridine rings is 1. The van der Waals surface area contributed by atoms with Crippen molar-refractivity contribution < 1.29 is 4.79 Å². The van der Waals surface area contributed by atoms with Gasteiger partial charge in [-0.15, -0.1) is 0 Å². The van der Waals surface area contributed by atoms with Crippen LogP contribution in [0.4, 0.5) is 11.5 Å². The Morgan fingerprint density at radius 1 is 1.26 bits per heavy atom. The third-order valence-electron chi connectivity index (χ3n) is 6.72. The molecule has 0 saturated carbocycles. The van der Waals surface area contributed by atoms with Crippen LogP contribution in [0.2, 0.25) is 0 Å². The number of aryl methyl sites for hydroxylation is 1. The van der Waals surface area contributed by atoms with Gasteiger partial charge in [-0.3, -0.25) is 9.78 Å². The molecule has 0 spiro atoms. The lowest BCUT2D eigenvalue weighted by molar-refractivity contribution is -0.119. The van der Waals surface area contributed by atoms with Crippen LogP contribution in [0, 0.1) is 6.92 Å². The number of aromatic nitrogens is 3. The number of likely N-dealkylation sites (N-methyl/N-ethyl adjacent to an activating group) is 1. The Morgan fingerprint density at radius 3 is 2.69 bits per heavy atom. The molecular formula is C26H35N7OS. The maximum atomic E-state index is 11.9. The lowest BCUT2D eigenvalue weighted by Crippen LogP contribution is -2.36. The first kappa shape index (κ1) is 25.1. The summed E-state index contributed by atoms with van der Waals surface area (Å²) in [6.45, 7) is 7.24. The van der Waals surface area contributed by atoms with Crippen molar-refractivity contribution in [2.45, 2.75) is 38.5 Å². The molecule has 1 aliphatic rings. The second kappa shape index (κ2) is 11.1. The summed E-state index contributed by atoms with van der Waals surface area (Å²) in [5.41, 5.74) is 11.7. The van der Waals surface area contributed by atoms with Gasteiger partial charge in [-0.1, -0.05) is 0 Å². The zero-order valence-corrected chi connectivity index (χ0v) is 21.8. The molecule has 1 saturated heterocycles. The summed E-state index contributed by atoms with van der Waals surface area (Å²) in [5, 5.41) is 7.85. The van der Waals surface area contributed by atoms with E-state index in [2.05, 4.69) is 68.1 Å². The molecule has 4 rings (SSSR count). The van der Waals surface area contributed by atoms with Crippen molar-refractivity contribution >= 4 is 28.7 Å². The molecule has 1 fully saturated rings. The number of piperidine rings is 1. The van der Waals surface area contributed by atoms with Crippen LogP contribution in [0.25, 0.3) is 11.3 Å². The van der Waals surface area contributed by atoms with Gasteiger partial charge in [0, 0.05) is 54.3 Å². The fraction of sp³-hybridized carbons (Fsp3) is 0.462. The first-order valence-corrected chi connectivity index (χ1v) is 13.1. The Kier molecular flexibility index (Phi) is 7.97. The van der Waals surface area contributed by atoms with Gasteiger partial charge in [0.25, 0.3) is 0 Å². The maximum absolute atomic E-state index is 11.9. The Balaban J connectivity index is 1.56. The van der Waals surface area contributed by atoms with Crippen molar-refractivity contribution in [2.24, 2.45) is 5.73 Å². The second-order valence-electron chi connectivity index (χ2n) is 9.45. The first-order chi connectivity index (χ1) is 16.8. The molecule has 3 N–H and O–H groups in total. The SMILES string of the molecule is Cc1ncnc(N2CCC(c3nc(-c4ccsc4)ccc3NCCN(C)C)CC2)c1C(C)C(N)=O. The van der Waals surface area contributed by atoms with Crippen LogP contribution in [0.15, 0.2) is 35.3 Å². The molecule has 1 unspecified atom stereocenters. The van der Waals surface area contributed by atoms with Crippen molar-refractivity contribution in [1.82, 2.24) is 19.9 Å². The van der Waals surface area contributed by atoms with E-state index in [1.54, 1.807) is 17.7 Å². The third-order valence-corrected chi connectivity index (χ3v) is 7.40. The van der Waals surface area contributed by atoms with Crippen molar-refractivity contribution in [3.63, 3.8) is 0 Å². The molecule has 186 valence electrons. The largest absolute Gasteiger partial charge is 0.382 e. The Labute approximate surface area is 211 Å². The van der Waals surface area contributed by atoms with Gasteiger partial charge >= 0.3 is 0 Å². The molecule has 0 aliphatic carbocycles. The van der Waals surface area contributed by atoms with E-state index < -0.39 is 5.92 Å². The van der Waals surface area contributed by atoms with Gasteiger partial charge in [-0.05, 0) is 64.4 Å². The molecule has 8 nitrogen and oxygen atoms in total. The van der Waals surface area contributed by atoms with E-state index in [1.807, 2.05) is 13.8 Å². The number of anilines is 2. The molecule has 3 aromatic heterocycles. The van der Waals surface area contributed by atoms with Crippen molar-refractivity contribution in [1.29, 1.82) is 0 Å². The van der Waals surface area contributed by atoms with E-state index in [9.17, 15) is 4.79 Å². The summed E-state index contributed by atoms with van der Waals surface area (Å²) < 4.78 is 0. The van der Waals surface area contributed by atoms with Gasteiger partial charge < -0.3 is 20.9 Å². The van der Waals surface area contributed by atoms with E-state index in [4.69, 9.17) is 10.7 Å². The molecule has 35 heavy (non-hydrogen) atoms. The van der Waals surface area contributed by atoms with Crippen molar-refractivity contribution in [3.8, 4) is 11.3 Å². The standard InChI is InChI=1S/C26H35N7OS/c1-17(25(27)34)23-18(2)29-16-30-26(23)33-11-7-19(8-12-33)24-22(28-10-13-32(3)4)6-5-21(31-24)20-9-14-35-15-20/h5-6,9,14-17,19,28H,7-8,10-13H2,1-4H3,(H2,27,34). The molecule has 3 aromatic rings. The fourth-order valence-electron chi connectivity index (χ4n) is 4.66. The molecule has 1 amide bonds. The van der Waals surface area contributed by atoms with E-state index in [-0.39, 0.29) is 5.91 Å². The van der Waals surface area contributed by atoms with E-state index >= 15 is 0 Å². The Hall–Kier alpha value is -3.04. The molecule has 1 aliphatic heterocycles. The molecule has 1 atom stereocenters. The number of nitrogens with zero attached hydrogens (tertiary/aromatic N) is 5. The Bertz CT molecular complexity index is 1140. The van der Waals surface area contributed by atoms with Gasteiger partial charge in [0.1, 0.15) is 12.1 Å². The lowest BCUT2D eigenvalue weighted by atomic mass is 9.90. The number of rotatable bonds is 9. The highest BCUT2D eigenvalue weighted by Crippen LogP contribution is 2.36. The molecule has 0 radical (unpaired) electrons. The zero-order chi connectivity index (χ0) is 24.9. The minimum absolute atomic E-state index is 0.339. The maximum Gasteiger partial charge on any atom is 0.224 e. The predicted octanol–water partition coefficient (Wildman–Crippen LogP) is 3.85. The molecule has 4 heterocycles. The van der Waals surface area contributed by atoms with Crippen LogP contribution < -0.4 is 16.0 Å². The highest BCUT2D eigenvalue weighted by atomic mass is 32.1. The first-order valence-electron chi connectivity index (χ1n) is 12.1. The van der Waals surface area contributed by atoms with Crippen LogP contribution >= 0.6 is 11.3 Å². The predicted molar refractivity (Wildman–Crippen MR) is 143 cm³/mol. The quantitative estimate of drug-likeness (QED) is 0.467. The zero-order valence-electron chi connectivity index (χ0n) is 21.0. The van der Waals surface area contributed by atoms with Gasteiger partial charge in [-0.25, -0.2) is 9.97 Å². The summed E-state index contributed by atoms with van der Waals surface area (Å²) in [7, 11) is 4.16. The van der Waals surface area contributed by atoms with Gasteiger partial charge in [0.2, 0.25) is 5.91 Å². The highest BCUT2D eigenvalue weighted by Gasteiger charge is 2.29. The van der Waals surface area contributed by atoms with Crippen LogP contribution in [0.5, 0.6) is 0 Å². The topological polar surface area (TPSA) is 100 Å². The molecule has 0 aromatic carbocycles. The molecule has 9 heteroatoms. The van der Waals surface area contributed by atoms with Crippen LogP contribution in [-0.4, -0.2) is 66.0 Å². The van der Waals surface area contributed by atoms with Gasteiger partial charge in [-0.2, -0.15) is 11.3 Å². The monoisotopic (exact) mass is 493 g/mol. The summed E-state index contributed by atoms with van der Waals surface area (Å²) in [6.07, 6.45) is 3.48. The highest BCUT2D eigenvalue weighted by molar-refractivity contribution is 7.08.